The van der Waals surface area contributed by atoms with Gasteiger partial charge in [-0.2, -0.15) is 0 Å². The van der Waals surface area contributed by atoms with E-state index in [2.05, 4.69) is 26.6 Å². The number of aryl methyl sites for hydroxylation is 5. The third kappa shape index (κ3) is 7.50. The lowest BCUT2D eigenvalue weighted by atomic mass is 9.61. The summed E-state index contributed by atoms with van der Waals surface area (Å²) in [5, 5.41) is 17.9. The third-order valence-electron chi connectivity index (χ3n) is 9.11. The molecule has 47 heavy (non-hydrogen) atoms. The average molecular weight is 698 g/mol. The molecule has 0 heterocycles. The van der Waals surface area contributed by atoms with Crippen molar-refractivity contribution in [2.24, 2.45) is 11.8 Å². The fourth-order valence-electron chi connectivity index (χ4n) is 6.47. The van der Waals surface area contributed by atoms with Crippen molar-refractivity contribution in [3.8, 4) is 5.75 Å². The van der Waals surface area contributed by atoms with E-state index in [0.717, 1.165) is 33.4 Å². The molecule has 0 bridgehead atoms. The SMILES string of the molecule is Cc1ccc(C)c(NC(=O)C2C(=O)CC(C)(O)C(C(=O)Nc3cc(C)ccc3C)C2c2cc(Br)ccc2OCc2ccccc2C)c1. The average Bonchev–Trinajstić information content (AvgIpc) is 3.00. The summed E-state index contributed by atoms with van der Waals surface area (Å²) in [4.78, 5) is 42.7. The summed E-state index contributed by atoms with van der Waals surface area (Å²) in [5.41, 5.74) is 5.51. The summed E-state index contributed by atoms with van der Waals surface area (Å²) in [6.45, 7) is 11.4. The molecule has 0 radical (unpaired) electrons. The number of carbonyl (C=O) groups is 3. The van der Waals surface area contributed by atoms with E-state index in [4.69, 9.17) is 4.74 Å². The van der Waals surface area contributed by atoms with E-state index in [0.29, 0.717) is 27.2 Å². The van der Waals surface area contributed by atoms with Crippen LogP contribution in [0.5, 0.6) is 5.75 Å². The summed E-state index contributed by atoms with van der Waals surface area (Å²) in [7, 11) is 0. The zero-order valence-corrected chi connectivity index (χ0v) is 29.2. The van der Waals surface area contributed by atoms with Crippen molar-refractivity contribution in [3.63, 3.8) is 0 Å². The molecule has 7 nitrogen and oxygen atoms in total. The number of nitrogens with one attached hydrogen (secondary N) is 2. The molecule has 1 fully saturated rings. The second-order valence-corrected chi connectivity index (χ2v) is 13.9. The van der Waals surface area contributed by atoms with Gasteiger partial charge in [-0.1, -0.05) is 64.5 Å². The predicted octanol–water partition coefficient (Wildman–Crippen LogP) is 7.89. The van der Waals surface area contributed by atoms with Gasteiger partial charge in [-0.15, -0.1) is 0 Å². The molecule has 3 N–H and O–H groups in total. The Morgan fingerprint density at radius 1 is 0.830 bits per heavy atom. The highest BCUT2D eigenvalue weighted by molar-refractivity contribution is 9.10. The highest BCUT2D eigenvalue weighted by Gasteiger charge is 2.56. The van der Waals surface area contributed by atoms with Crippen LogP contribution in [0.15, 0.2) is 83.3 Å². The zero-order chi connectivity index (χ0) is 34.0. The smallest absolute Gasteiger partial charge is 0.235 e. The van der Waals surface area contributed by atoms with Gasteiger partial charge in [-0.3, -0.25) is 14.4 Å². The molecule has 8 heteroatoms. The monoisotopic (exact) mass is 696 g/mol. The Bertz CT molecular complexity index is 1850. The Balaban J connectivity index is 1.64. The summed E-state index contributed by atoms with van der Waals surface area (Å²) in [6.07, 6.45) is -0.368. The van der Waals surface area contributed by atoms with Crippen molar-refractivity contribution in [3.05, 3.63) is 122 Å². The quantitative estimate of drug-likeness (QED) is 0.163. The maximum Gasteiger partial charge on any atom is 0.235 e. The molecule has 244 valence electrons. The highest BCUT2D eigenvalue weighted by Crippen LogP contribution is 2.49. The van der Waals surface area contributed by atoms with Gasteiger partial charge < -0.3 is 20.5 Å². The first-order chi connectivity index (χ1) is 22.2. The van der Waals surface area contributed by atoms with Crippen LogP contribution < -0.4 is 15.4 Å². The molecule has 0 aliphatic heterocycles. The highest BCUT2D eigenvalue weighted by atomic mass is 79.9. The number of ether oxygens (including phenoxy) is 1. The normalized spacial score (nSPS) is 20.9. The molecule has 0 spiro atoms. The van der Waals surface area contributed by atoms with Crippen molar-refractivity contribution in [1.82, 2.24) is 0 Å². The molecule has 1 aliphatic rings. The van der Waals surface area contributed by atoms with Crippen molar-refractivity contribution >= 4 is 44.9 Å². The molecule has 1 aliphatic carbocycles. The van der Waals surface area contributed by atoms with Crippen LogP contribution in [0.25, 0.3) is 0 Å². The minimum atomic E-state index is -1.77. The first kappa shape index (κ1) is 34.1. The van der Waals surface area contributed by atoms with Crippen LogP contribution in [0.2, 0.25) is 0 Å². The van der Waals surface area contributed by atoms with Crippen LogP contribution in [-0.2, 0) is 21.0 Å². The van der Waals surface area contributed by atoms with E-state index < -0.39 is 41.0 Å². The fraction of sp³-hybridized carbons (Fsp3) is 0.308. The second-order valence-electron chi connectivity index (χ2n) is 13.0. The van der Waals surface area contributed by atoms with Crippen LogP contribution in [0, 0.1) is 46.5 Å². The lowest BCUT2D eigenvalue weighted by Crippen LogP contribution is -2.56. The van der Waals surface area contributed by atoms with E-state index in [9.17, 15) is 19.5 Å². The Morgan fingerprint density at radius 2 is 1.43 bits per heavy atom. The molecule has 5 rings (SSSR count). The number of halogens is 1. The minimum absolute atomic E-state index is 0.233. The van der Waals surface area contributed by atoms with Crippen molar-refractivity contribution < 1.29 is 24.2 Å². The van der Waals surface area contributed by atoms with E-state index in [-0.39, 0.29) is 13.0 Å². The number of benzene rings is 4. The molecule has 4 unspecified atom stereocenters. The number of anilines is 2. The fourth-order valence-corrected chi connectivity index (χ4v) is 6.85. The molecule has 2 amide bonds. The lowest BCUT2D eigenvalue weighted by Gasteiger charge is -2.45. The van der Waals surface area contributed by atoms with Gasteiger partial charge in [-0.05, 0) is 105 Å². The van der Waals surface area contributed by atoms with Crippen molar-refractivity contribution in [1.29, 1.82) is 0 Å². The number of hydrogen-bond donors (Lipinski definition) is 3. The second kappa shape index (κ2) is 13.8. The topological polar surface area (TPSA) is 105 Å². The predicted molar refractivity (Wildman–Crippen MR) is 189 cm³/mol. The summed E-state index contributed by atoms with van der Waals surface area (Å²) in [5.74, 6) is -4.62. The maximum absolute atomic E-state index is 14.4. The van der Waals surface area contributed by atoms with Gasteiger partial charge in [0.25, 0.3) is 0 Å². The Labute approximate surface area is 284 Å². The summed E-state index contributed by atoms with van der Waals surface area (Å²) < 4.78 is 7.08. The Hall–Kier alpha value is -4.27. The van der Waals surface area contributed by atoms with Gasteiger partial charge in [0, 0.05) is 33.7 Å². The van der Waals surface area contributed by atoms with Gasteiger partial charge in [0.1, 0.15) is 24.1 Å². The van der Waals surface area contributed by atoms with E-state index in [1.807, 2.05) is 101 Å². The Morgan fingerprint density at radius 3 is 2.04 bits per heavy atom. The number of hydrogen-bond acceptors (Lipinski definition) is 5. The summed E-state index contributed by atoms with van der Waals surface area (Å²) in [6, 6.07) is 24.7. The van der Waals surface area contributed by atoms with Crippen LogP contribution >= 0.6 is 15.9 Å². The van der Waals surface area contributed by atoms with Crippen LogP contribution in [0.1, 0.15) is 58.2 Å². The van der Waals surface area contributed by atoms with E-state index in [1.54, 1.807) is 12.1 Å². The number of Topliss-reactive ketones (excluding diaryl/α,β-unsaturated/α-hetero) is 1. The van der Waals surface area contributed by atoms with Gasteiger partial charge in [0.05, 0.1) is 11.5 Å². The molecule has 0 aromatic heterocycles. The van der Waals surface area contributed by atoms with E-state index in [1.165, 1.54) is 6.92 Å². The van der Waals surface area contributed by atoms with Gasteiger partial charge in [0.15, 0.2) is 0 Å². The van der Waals surface area contributed by atoms with Crippen molar-refractivity contribution in [2.75, 3.05) is 10.6 Å². The molecule has 4 aromatic carbocycles. The first-order valence-electron chi connectivity index (χ1n) is 15.7. The lowest BCUT2D eigenvalue weighted by molar-refractivity contribution is -0.150. The number of carbonyl (C=O) groups excluding carboxylic acids is 3. The molecule has 4 atom stereocenters. The first-order valence-corrected chi connectivity index (χ1v) is 16.5. The standard InChI is InChI=1S/C39H41BrN2O5/c1-22-11-13-25(4)30(17-22)41-37(44)35-32(43)20-39(6,46)36(38(45)42-31-18-23(2)12-14-26(31)5)34(35)29-19-28(40)15-16-33(29)47-21-27-10-8-7-9-24(27)3/h7-19,34-36,46H,20-21H2,1-6H3,(H,41,44)(H,42,45). The van der Waals surface area contributed by atoms with Gasteiger partial charge in [-0.25, -0.2) is 0 Å². The number of amides is 2. The Kier molecular flexibility index (Phi) is 10.0. The maximum atomic E-state index is 14.4. The van der Waals surface area contributed by atoms with Crippen LogP contribution in [0.3, 0.4) is 0 Å². The van der Waals surface area contributed by atoms with Crippen LogP contribution in [0.4, 0.5) is 11.4 Å². The zero-order valence-electron chi connectivity index (χ0n) is 27.6. The van der Waals surface area contributed by atoms with Gasteiger partial charge >= 0.3 is 0 Å². The number of rotatable bonds is 8. The van der Waals surface area contributed by atoms with Crippen LogP contribution in [-0.4, -0.2) is 28.3 Å². The third-order valence-corrected chi connectivity index (χ3v) is 9.60. The largest absolute Gasteiger partial charge is 0.489 e. The minimum Gasteiger partial charge on any atom is -0.489 e. The summed E-state index contributed by atoms with van der Waals surface area (Å²) >= 11 is 3.57. The molecule has 4 aromatic rings. The van der Waals surface area contributed by atoms with E-state index >= 15 is 0 Å². The number of ketones is 1. The molecule has 0 saturated heterocycles. The molecule has 1 saturated carbocycles. The molecular weight excluding hydrogens is 656 g/mol. The van der Waals surface area contributed by atoms with Crippen molar-refractivity contribution in [2.45, 2.75) is 66.1 Å². The van der Waals surface area contributed by atoms with Gasteiger partial charge in [0.2, 0.25) is 11.8 Å². The number of aliphatic hydroxyl groups is 1. The molecular formula is C39H41BrN2O5.